The van der Waals surface area contributed by atoms with Crippen molar-refractivity contribution < 1.29 is 4.79 Å². The van der Waals surface area contributed by atoms with Gasteiger partial charge in [-0.15, -0.1) is 10.2 Å². The summed E-state index contributed by atoms with van der Waals surface area (Å²) in [7, 11) is 0. The topological polar surface area (TPSA) is 72.7 Å². The minimum absolute atomic E-state index is 0.193. The molecule has 0 aliphatic heterocycles. The number of carbonyl (C=O) groups is 1. The number of anilines is 1. The zero-order valence-corrected chi connectivity index (χ0v) is 14.4. The fourth-order valence-corrected chi connectivity index (χ4v) is 3.75. The van der Waals surface area contributed by atoms with Crippen molar-refractivity contribution in [3.05, 3.63) is 52.8 Å². The van der Waals surface area contributed by atoms with E-state index >= 15 is 0 Å². The predicted molar refractivity (Wildman–Crippen MR) is 95.4 cm³/mol. The first-order chi connectivity index (χ1) is 12.3. The van der Waals surface area contributed by atoms with Crippen molar-refractivity contribution in [1.82, 2.24) is 20.0 Å². The Bertz CT molecular complexity index is 924. The van der Waals surface area contributed by atoms with Crippen LogP contribution in [-0.2, 0) is 0 Å². The lowest BCUT2D eigenvalue weighted by atomic mass is 10.2. The molecule has 3 aromatic rings. The number of amides is 1. The number of carbonyl (C=O) groups excluding carboxylic acids is 1. The Morgan fingerprint density at radius 2 is 1.84 bits per heavy atom. The van der Waals surface area contributed by atoms with Crippen LogP contribution in [-0.4, -0.2) is 25.9 Å². The fraction of sp³-hybridized carbons (Fsp3) is 0.333. The van der Waals surface area contributed by atoms with Gasteiger partial charge in [0.1, 0.15) is 10.7 Å². The van der Waals surface area contributed by atoms with Crippen LogP contribution in [0, 0.1) is 0 Å². The van der Waals surface area contributed by atoms with E-state index in [4.69, 9.17) is 0 Å². The molecule has 126 valence electrons. The molecule has 25 heavy (non-hydrogen) atoms. The van der Waals surface area contributed by atoms with Crippen molar-refractivity contribution in [3.63, 3.8) is 0 Å². The van der Waals surface area contributed by atoms with Gasteiger partial charge in [-0.1, -0.05) is 29.5 Å². The van der Waals surface area contributed by atoms with Gasteiger partial charge in [0.2, 0.25) is 5.13 Å². The molecule has 7 heteroatoms. The van der Waals surface area contributed by atoms with Gasteiger partial charge >= 0.3 is 0 Å². The molecule has 2 aliphatic carbocycles. The first kappa shape index (κ1) is 14.8. The van der Waals surface area contributed by atoms with Crippen molar-refractivity contribution in [1.29, 1.82) is 0 Å². The molecule has 0 radical (unpaired) electrons. The molecule has 0 spiro atoms. The molecular weight excluding hydrogens is 334 g/mol. The zero-order chi connectivity index (χ0) is 16.8. The molecule has 1 N–H and O–H groups in total. The van der Waals surface area contributed by atoms with Gasteiger partial charge in [-0.3, -0.25) is 10.1 Å². The van der Waals surface area contributed by atoms with Gasteiger partial charge in [-0.25, -0.2) is 4.68 Å². The van der Waals surface area contributed by atoms with Crippen molar-refractivity contribution in [3.8, 4) is 5.69 Å². The molecule has 2 fully saturated rings. The second kappa shape index (κ2) is 5.77. The predicted octanol–water partition coefficient (Wildman–Crippen LogP) is 3.73. The average Bonchev–Trinajstić information content (AvgIpc) is 3.57. The van der Waals surface area contributed by atoms with E-state index in [1.54, 1.807) is 4.68 Å². The van der Waals surface area contributed by atoms with Gasteiger partial charge in [0.05, 0.1) is 11.4 Å². The van der Waals surface area contributed by atoms with E-state index in [1.807, 2.05) is 36.4 Å². The van der Waals surface area contributed by atoms with Gasteiger partial charge in [0.25, 0.3) is 5.91 Å². The van der Waals surface area contributed by atoms with Gasteiger partial charge in [0.15, 0.2) is 0 Å². The third-order valence-corrected chi connectivity index (χ3v) is 5.55. The summed E-state index contributed by atoms with van der Waals surface area (Å²) in [5.41, 5.74) is 2.41. The lowest BCUT2D eigenvalue weighted by Crippen LogP contribution is -2.16. The van der Waals surface area contributed by atoms with Crippen molar-refractivity contribution in [2.75, 3.05) is 5.32 Å². The van der Waals surface area contributed by atoms with E-state index in [2.05, 4.69) is 20.6 Å². The molecule has 2 aromatic heterocycles. The lowest BCUT2D eigenvalue weighted by Gasteiger charge is -2.06. The van der Waals surface area contributed by atoms with E-state index < -0.39 is 0 Å². The molecule has 2 heterocycles. The summed E-state index contributed by atoms with van der Waals surface area (Å²) in [5, 5.41) is 17.4. The Morgan fingerprint density at radius 1 is 1.08 bits per heavy atom. The molecule has 2 aliphatic rings. The van der Waals surface area contributed by atoms with Crippen LogP contribution in [0.4, 0.5) is 5.13 Å². The molecule has 0 bridgehead atoms. The van der Waals surface area contributed by atoms with Crippen LogP contribution in [0.25, 0.3) is 5.69 Å². The normalized spacial score (nSPS) is 16.8. The zero-order valence-electron chi connectivity index (χ0n) is 13.6. The van der Waals surface area contributed by atoms with Crippen LogP contribution >= 0.6 is 11.3 Å². The van der Waals surface area contributed by atoms with Crippen LogP contribution < -0.4 is 5.32 Å². The van der Waals surface area contributed by atoms with Crippen molar-refractivity contribution >= 4 is 22.4 Å². The third-order valence-electron chi connectivity index (χ3n) is 4.54. The molecular formula is C18H17N5OS. The third kappa shape index (κ3) is 2.95. The number of hydrogen-bond donors (Lipinski definition) is 1. The number of nitrogens with one attached hydrogen (secondary N) is 1. The first-order valence-corrected chi connectivity index (χ1v) is 9.40. The second-order valence-electron chi connectivity index (χ2n) is 6.65. The first-order valence-electron chi connectivity index (χ1n) is 8.58. The summed E-state index contributed by atoms with van der Waals surface area (Å²) in [6.07, 6.45) is 4.64. The Hall–Kier alpha value is -2.54. The molecule has 2 saturated carbocycles. The van der Waals surface area contributed by atoms with Crippen LogP contribution in [0.3, 0.4) is 0 Å². The summed E-state index contributed by atoms with van der Waals surface area (Å²) < 4.78 is 1.73. The Kier molecular flexibility index (Phi) is 3.41. The highest BCUT2D eigenvalue weighted by atomic mass is 32.1. The maximum absolute atomic E-state index is 12.8. The maximum Gasteiger partial charge on any atom is 0.276 e. The highest BCUT2D eigenvalue weighted by Gasteiger charge is 2.30. The maximum atomic E-state index is 12.8. The summed E-state index contributed by atoms with van der Waals surface area (Å²) >= 11 is 1.47. The molecule has 0 saturated heterocycles. The molecule has 6 nitrogen and oxygen atoms in total. The van der Waals surface area contributed by atoms with Gasteiger partial charge in [0, 0.05) is 11.8 Å². The molecule has 1 aromatic carbocycles. The number of aromatic nitrogens is 4. The largest absolute Gasteiger partial charge is 0.295 e. The standard InChI is InChI=1S/C18H17N5OS/c24-16(19-18-21-20-17(25-18)12-8-9-12)15-10-14(11-6-7-11)22-23(15)13-4-2-1-3-5-13/h1-5,10-12H,6-9H2,(H,19,21,24). The Labute approximate surface area is 148 Å². The van der Waals surface area contributed by atoms with E-state index in [1.165, 1.54) is 24.2 Å². The number of rotatable bonds is 5. The number of hydrogen-bond acceptors (Lipinski definition) is 5. The minimum atomic E-state index is -0.193. The minimum Gasteiger partial charge on any atom is -0.295 e. The average molecular weight is 351 g/mol. The van der Waals surface area contributed by atoms with E-state index in [-0.39, 0.29) is 5.91 Å². The van der Waals surface area contributed by atoms with Crippen molar-refractivity contribution in [2.45, 2.75) is 37.5 Å². The van der Waals surface area contributed by atoms with Crippen LogP contribution in [0.2, 0.25) is 0 Å². The molecule has 1 amide bonds. The van der Waals surface area contributed by atoms with Gasteiger partial charge in [-0.2, -0.15) is 5.10 Å². The van der Waals surface area contributed by atoms with Crippen LogP contribution in [0.5, 0.6) is 0 Å². The van der Waals surface area contributed by atoms with E-state index in [0.29, 0.717) is 22.7 Å². The SMILES string of the molecule is O=C(Nc1nnc(C2CC2)s1)c1cc(C2CC2)nn1-c1ccccc1. The smallest absolute Gasteiger partial charge is 0.276 e. The highest BCUT2D eigenvalue weighted by Crippen LogP contribution is 2.42. The van der Waals surface area contributed by atoms with E-state index in [9.17, 15) is 4.79 Å². The summed E-state index contributed by atoms with van der Waals surface area (Å²) in [6.45, 7) is 0. The van der Waals surface area contributed by atoms with E-state index in [0.717, 1.165) is 29.2 Å². The Balaban J connectivity index is 1.45. The molecule has 5 rings (SSSR count). The number of nitrogens with zero attached hydrogens (tertiary/aromatic N) is 4. The van der Waals surface area contributed by atoms with Crippen LogP contribution in [0.1, 0.15) is 58.7 Å². The molecule has 0 unspecified atom stereocenters. The fourth-order valence-electron chi connectivity index (χ4n) is 2.85. The highest BCUT2D eigenvalue weighted by molar-refractivity contribution is 7.15. The quantitative estimate of drug-likeness (QED) is 0.760. The number of para-hydroxylation sites is 1. The summed E-state index contributed by atoms with van der Waals surface area (Å²) in [4.78, 5) is 12.8. The lowest BCUT2D eigenvalue weighted by molar-refractivity contribution is 0.101. The van der Waals surface area contributed by atoms with Crippen molar-refractivity contribution in [2.24, 2.45) is 0 Å². The monoisotopic (exact) mass is 351 g/mol. The summed E-state index contributed by atoms with van der Waals surface area (Å²) in [5.74, 6) is 0.834. The summed E-state index contributed by atoms with van der Waals surface area (Å²) in [6, 6.07) is 11.7. The van der Waals surface area contributed by atoms with Gasteiger partial charge < -0.3 is 0 Å². The van der Waals surface area contributed by atoms with Crippen LogP contribution in [0.15, 0.2) is 36.4 Å². The number of benzene rings is 1. The molecule has 0 atom stereocenters. The second-order valence-corrected chi connectivity index (χ2v) is 7.66. The van der Waals surface area contributed by atoms with Gasteiger partial charge in [-0.05, 0) is 43.9 Å². The Morgan fingerprint density at radius 3 is 2.56 bits per heavy atom.